The fraction of sp³-hybridized carbons (Fsp3) is 0.489. The summed E-state index contributed by atoms with van der Waals surface area (Å²) in [6, 6.07) is 19.1. The van der Waals surface area contributed by atoms with Gasteiger partial charge in [-0.2, -0.15) is 0 Å². The number of pyridine rings is 2. The third-order valence-corrected chi connectivity index (χ3v) is 9.63. The summed E-state index contributed by atoms with van der Waals surface area (Å²) in [5, 5.41) is 5.05. The standard InChI is InChI=1S/C14H18O.C12H15NO.C11H17N.C10H15N/c1-14(2,3)11-8-7-10-5-4-6-13(15)12(10)9-11;1-8-10-6-5-9(12(2,3)4)7-11(10)14-13-8;1-8-6-10(11(3,4)5)7-12-9(8)2;1-8-5-6-9(7-11-8)10(2,3)4/h7-9H,4-6H2,1-3H3;5-7H,1-4H3;6-7H,1-5H3;5-7H,1-4H3. The van der Waals surface area contributed by atoms with E-state index in [0.29, 0.717) is 5.78 Å². The van der Waals surface area contributed by atoms with E-state index in [2.05, 4.69) is 160 Å². The van der Waals surface area contributed by atoms with Gasteiger partial charge in [0.1, 0.15) is 0 Å². The summed E-state index contributed by atoms with van der Waals surface area (Å²) in [6.07, 6.45) is 6.73. The Labute approximate surface area is 315 Å². The number of benzene rings is 2. The van der Waals surface area contributed by atoms with E-state index in [0.717, 1.165) is 52.9 Å². The zero-order chi connectivity index (χ0) is 39.2. The van der Waals surface area contributed by atoms with Crippen molar-refractivity contribution in [3.05, 3.63) is 123 Å². The molecule has 0 unspecified atom stereocenters. The van der Waals surface area contributed by atoms with Crippen molar-refractivity contribution in [3.8, 4) is 0 Å². The van der Waals surface area contributed by atoms with E-state index in [-0.39, 0.29) is 21.7 Å². The van der Waals surface area contributed by atoms with Gasteiger partial charge in [-0.3, -0.25) is 14.8 Å². The van der Waals surface area contributed by atoms with Crippen LogP contribution in [0.3, 0.4) is 0 Å². The molecule has 0 saturated carbocycles. The van der Waals surface area contributed by atoms with Gasteiger partial charge in [-0.1, -0.05) is 119 Å². The minimum Gasteiger partial charge on any atom is -0.356 e. The van der Waals surface area contributed by atoms with E-state index in [1.165, 1.54) is 33.4 Å². The quantitative estimate of drug-likeness (QED) is 0.161. The number of fused-ring (bicyclic) bond motifs is 2. The van der Waals surface area contributed by atoms with Crippen LogP contribution < -0.4 is 0 Å². The molecule has 3 aromatic heterocycles. The Balaban J connectivity index is 0.000000188. The number of rotatable bonds is 0. The van der Waals surface area contributed by atoms with Gasteiger partial charge >= 0.3 is 0 Å². The van der Waals surface area contributed by atoms with Crippen LogP contribution in [0, 0.1) is 27.7 Å². The van der Waals surface area contributed by atoms with Crippen LogP contribution in [0.2, 0.25) is 0 Å². The van der Waals surface area contributed by atoms with Crippen LogP contribution in [0.1, 0.15) is 157 Å². The van der Waals surface area contributed by atoms with Gasteiger partial charge in [-0.25, -0.2) is 0 Å². The van der Waals surface area contributed by atoms with Crippen LogP contribution in [0.5, 0.6) is 0 Å². The molecule has 1 aliphatic carbocycles. The second-order valence-electron chi connectivity index (χ2n) is 18.4. The van der Waals surface area contributed by atoms with Gasteiger partial charge in [0, 0.05) is 41.2 Å². The first-order valence-corrected chi connectivity index (χ1v) is 18.8. The Morgan fingerprint density at radius 2 is 1.10 bits per heavy atom. The topological polar surface area (TPSA) is 68.9 Å². The van der Waals surface area contributed by atoms with E-state index in [1.807, 2.05) is 33.2 Å². The summed E-state index contributed by atoms with van der Waals surface area (Å²) >= 11 is 0. The highest BCUT2D eigenvalue weighted by Gasteiger charge is 2.21. The number of carbonyl (C=O) groups excluding carboxylic acids is 1. The third kappa shape index (κ3) is 12.0. The molecule has 0 fully saturated rings. The Hall–Kier alpha value is -4.12. The first-order chi connectivity index (χ1) is 23.9. The molecule has 0 radical (unpaired) electrons. The van der Waals surface area contributed by atoms with Crippen LogP contribution in [0.15, 0.2) is 71.5 Å². The molecule has 0 spiro atoms. The van der Waals surface area contributed by atoms with Crippen LogP contribution in [0.4, 0.5) is 0 Å². The molecule has 5 nitrogen and oxygen atoms in total. The Morgan fingerprint density at radius 3 is 1.63 bits per heavy atom. The zero-order valence-electron chi connectivity index (χ0n) is 35.1. The van der Waals surface area contributed by atoms with E-state index in [4.69, 9.17) is 4.52 Å². The summed E-state index contributed by atoms with van der Waals surface area (Å²) in [6.45, 7) is 34.4. The maximum absolute atomic E-state index is 11.8. The molecule has 5 heteroatoms. The Morgan fingerprint density at radius 1 is 0.558 bits per heavy atom. The number of aryl methyl sites for hydroxylation is 5. The molecular formula is C47H65N3O2. The van der Waals surface area contributed by atoms with Gasteiger partial charge in [0.15, 0.2) is 11.4 Å². The summed E-state index contributed by atoms with van der Waals surface area (Å²) in [5.74, 6) is 0.322. The first-order valence-electron chi connectivity index (χ1n) is 18.8. The molecule has 0 atom stereocenters. The average Bonchev–Trinajstić information content (AvgIpc) is 3.41. The van der Waals surface area contributed by atoms with Crippen molar-refractivity contribution in [2.45, 2.75) is 152 Å². The molecule has 0 saturated heterocycles. The maximum atomic E-state index is 11.8. The van der Waals surface area contributed by atoms with Gasteiger partial charge in [0.05, 0.1) is 5.69 Å². The van der Waals surface area contributed by atoms with Crippen LogP contribution >= 0.6 is 0 Å². The molecule has 1 aliphatic rings. The molecule has 0 amide bonds. The van der Waals surface area contributed by atoms with Crippen LogP contribution in [0.25, 0.3) is 11.0 Å². The van der Waals surface area contributed by atoms with Gasteiger partial charge in [-0.05, 0) is 120 Å². The van der Waals surface area contributed by atoms with Crippen molar-refractivity contribution in [3.63, 3.8) is 0 Å². The number of Topliss-reactive ketones (excluding diaryl/α,β-unsaturated/α-hetero) is 1. The first kappa shape index (κ1) is 42.3. The van der Waals surface area contributed by atoms with Crippen molar-refractivity contribution in [1.29, 1.82) is 0 Å². The van der Waals surface area contributed by atoms with Gasteiger partial charge < -0.3 is 4.52 Å². The maximum Gasteiger partial charge on any atom is 0.167 e. The van der Waals surface area contributed by atoms with Gasteiger partial charge in [0.25, 0.3) is 0 Å². The smallest absolute Gasteiger partial charge is 0.167 e. The molecule has 52 heavy (non-hydrogen) atoms. The SMILES string of the molecule is CC(C)(C)c1ccc2c(c1)C(=O)CCC2.Cc1cc(C(C)(C)C)cnc1C.Cc1ccc(C(C)(C)C)cn1.Cc1noc2cc(C(C)(C)C)ccc12. The number of aromatic nitrogens is 3. The highest BCUT2D eigenvalue weighted by Crippen LogP contribution is 2.29. The number of hydrogen-bond donors (Lipinski definition) is 0. The molecule has 3 heterocycles. The Bertz CT molecular complexity index is 1940. The second-order valence-corrected chi connectivity index (χ2v) is 18.4. The van der Waals surface area contributed by atoms with Crippen molar-refractivity contribution in [2.24, 2.45) is 0 Å². The summed E-state index contributed by atoms with van der Waals surface area (Å²) in [5.41, 5.74) is 13.4. The van der Waals surface area contributed by atoms with Crippen molar-refractivity contribution < 1.29 is 9.32 Å². The largest absolute Gasteiger partial charge is 0.356 e. The van der Waals surface area contributed by atoms with Crippen LogP contribution in [-0.4, -0.2) is 20.9 Å². The molecule has 2 aromatic carbocycles. The number of nitrogens with zero attached hydrogens (tertiary/aromatic N) is 3. The average molecular weight is 704 g/mol. The van der Waals surface area contributed by atoms with Crippen LogP contribution in [-0.2, 0) is 28.1 Å². The molecule has 0 bridgehead atoms. The number of hydrogen-bond acceptors (Lipinski definition) is 5. The second kappa shape index (κ2) is 16.7. The summed E-state index contributed by atoms with van der Waals surface area (Å²) < 4.78 is 5.23. The number of carbonyl (C=O) groups is 1. The predicted molar refractivity (Wildman–Crippen MR) is 220 cm³/mol. The molecule has 0 N–H and O–H groups in total. The molecular weight excluding hydrogens is 639 g/mol. The predicted octanol–water partition coefficient (Wildman–Crippen LogP) is 12.6. The van der Waals surface area contributed by atoms with E-state index in [9.17, 15) is 4.79 Å². The van der Waals surface area contributed by atoms with Gasteiger partial charge in [-0.15, -0.1) is 0 Å². The van der Waals surface area contributed by atoms with Crippen molar-refractivity contribution in [2.75, 3.05) is 0 Å². The molecule has 5 aromatic rings. The minimum absolute atomic E-state index is 0.132. The lowest BCUT2D eigenvalue weighted by Crippen LogP contribution is -2.16. The lowest BCUT2D eigenvalue weighted by Gasteiger charge is -2.22. The fourth-order valence-corrected chi connectivity index (χ4v) is 5.59. The van der Waals surface area contributed by atoms with E-state index in [1.54, 1.807) is 0 Å². The van der Waals surface area contributed by atoms with E-state index < -0.39 is 0 Å². The lowest BCUT2D eigenvalue weighted by molar-refractivity contribution is 0.0972. The lowest BCUT2D eigenvalue weighted by atomic mass is 9.82. The Kier molecular flexibility index (Phi) is 13.6. The van der Waals surface area contributed by atoms with Gasteiger partial charge in [0.2, 0.25) is 0 Å². The zero-order valence-corrected chi connectivity index (χ0v) is 35.1. The molecule has 6 rings (SSSR count). The fourth-order valence-electron chi connectivity index (χ4n) is 5.59. The summed E-state index contributed by atoms with van der Waals surface area (Å²) in [4.78, 5) is 20.4. The summed E-state index contributed by atoms with van der Waals surface area (Å²) in [7, 11) is 0. The normalized spacial score (nSPS) is 13.2. The molecule has 0 aliphatic heterocycles. The van der Waals surface area contributed by atoms with Crippen molar-refractivity contribution in [1.82, 2.24) is 15.1 Å². The van der Waals surface area contributed by atoms with E-state index >= 15 is 0 Å². The monoisotopic (exact) mass is 704 g/mol. The third-order valence-electron chi connectivity index (χ3n) is 9.63. The minimum atomic E-state index is 0.132. The number of ketones is 1. The highest BCUT2D eigenvalue weighted by molar-refractivity contribution is 5.98. The highest BCUT2D eigenvalue weighted by atomic mass is 16.5. The molecule has 280 valence electrons. The van der Waals surface area contributed by atoms with Crippen molar-refractivity contribution >= 4 is 16.8 Å².